The molecule has 14 heavy (non-hydrogen) atoms. The van der Waals surface area contributed by atoms with Crippen LogP contribution in [0.4, 0.5) is 0 Å². The second kappa shape index (κ2) is 3.98. The average Bonchev–Trinajstić information content (AvgIpc) is 2.19. The Morgan fingerprint density at radius 2 is 1.71 bits per heavy atom. The molecule has 0 nitrogen and oxygen atoms in total. The van der Waals surface area contributed by atoms with Crippen molar-refractivity contribution in [2.45, 2.75) is 43.3 Å². The number of benzene rings is 1. The van der Waals surface area contributed by atoms with E-state index in [1.807, 2.05) is 0 Å². The van der Waals surface area contributed by atoms with Crippen LogP contribution in [0.25, 0.3) is 0 Å². The standard InChI is InChI=1S/C13H18S/c1-13(14)9-7-12(8-10-13)11-5-3-2-4-6-11/h2-6,12,14H,7-10H2,1H3. The largest absolute Gasteiger partial charge is 0.173 e. The van der Waals surface area contributed by atoms with Gasteiger partial charge in [-0.25, -0.2) is 0 Å². The lowest BCUT2D eigenvalue weighted by atomic mass is 9.79. The fourth-order valence-electron chi connectivity index (χ4n) is 2.30. The predicted molar refractivity (Wildman–Crippen MR) is 65.0 cm³/mol. The zero-order valence-corrected chi connectivity index (χ0v) is 9.63. The van der Waals surface area contributed by atoms with Crippen molar-refractivity contribution in [3.05, 3.63) is 35.9 Å². The molecular weight excluding hydrogens is 188 g/mol. The van der Waals surface area contributed by atoms with E-state index in [1.165, 1.54) is 31.2 Å². The van der Waals surface area contributed by atoms with Gasteiger partial charge in [0.15, 0.2) is 0 Å². The Morgan fingerprint density at radius 1 is 1.14 bits per heavy atom. The van der Waals surface area contributed by atoms with Crippen molar-refractivity contribution in [3.8, 4) is 0 Å². The highest BCUT2D eigenvalue weighted by Gasteiger charge is 2.28. The van der Waals surface area contributed by atoms with Gasteiger partial charge in [-0.05, 0) is 37.2 Å². The number of hydrogen-bond acceptors (Lipinski definition) is 1. The topological polar surface area (TPSA) is 0 Å². The number of hydrogen-bond donors (Lipinski definition) is 1. The summed E-state index contributed by atoms with van der Waals surface area (Å²) < 4.78 is 0.283. The highest BCUT2D eigenvalue weighted by molar-refractivity contribution is 7.81. The Bertz CT molecular complexity index is 279. The summed E-state index contributed by atoms with van der Waals surface area (Å²) in [6.45, 7) is 2.26. The summed E-state index contributed by atoms with van der Waals surface area (Å²) in [6.07, 6.45) is 5.08. The third-order valence-corrected chi connectivity index (χ3v) is 3.78. The lowest BCUT2D eigenvalue weighted by Gasteiger charge is -2.33. The molecule has 0 aromatic heterocycles. The summed E-state index contributed by atoms with van der Waals surface area (Å²) in [5.74, 6) is 0.774. The molecule has 1 fully saturated rings. The molecule has 0 saturated heterocycles. The van der Waals surface area contributed by atoms with Crippen LogP contribution in [0.1, 0.15) is 44.1 Å². The lowest BCUT2D eigenvalue weighted by Crippen LogP contribution is -2.23. The molecule has 1 saturated carbocycles. The molecule has 0 spiro atoms. The van der Waals surface area contributed by atoms with E-state index in [4.69, 9.17) is 0 Å². The van der Waals surface area contributed by atoms with Crippen molar-refractivity contribution >= 4 is 12.6 Å². The Kier molecular flexibility index (Phi) is 2.87. The Balaban J connectivity index is 2.03. The smallest absolute Gasteiger partial charge is 0.0102 e. The van der Waals surface area contributed by atoms with E-state index >= 15 is 0 Å². The SMILES string of the molecule is CC1(S)CCC(c2ccccc2)CC1. The molecule has 2 rings (SSSR count). The van der Waals surface area contributed by atoms with Gasteiger partial charge in [-0.15, -0.1) is 0 Å². The van der Waals surface area contributed by atoms with Crippen LogP contribution in [0.2, 0.25) is 0 Å². The molecule has 0 amide bonds. The molecule has 0 radical (unpaired) electrons. The molecule has 1 aliphatic carbocycles. The van der Waals surface area contributed by atoms with Gasteiger partial charge in [0, 0.05) is 4.75 Å². The third-order valence-electron chi connectivity index (χ3n) is 3.33. The average molecular weight is 206 g/mol. The third kappa shape index (κ3) is 2.33. The predicted octanol–water partition coefficient (Wildman–Crippen LogP) is 4.03. The molecule has 0 heterocycles. The zero-order valence-electron chi connectivity index (χ0n) is 8.74. The first-order chi connectivity index (χ1) is 6.67. The fourth-order valence-corrected chi connectivity index (χ4v) is 2.56. The van der Waals surface area contributed by atoms with Crippen LogP contribution in [-0.2, 0) is 0 Å². The van der Waals surface area contributed by atoms with Crippen LogP contribution in [0.15, 0.2) is 30.3 Å². The molecule has 0 atom stereocenters. The molecule has 1 heteroatoms. The number of rotatable bonds is 1. The summed E-state index contributed by atoms with van der Waals surface area (Å²) in [4.78, 5) is 0. The monoisotopic (exact) mass is 206 g/mol. The minimum atomic E-state index is 0.283. The lowest BCUT2D eigenvalue weighted by molar-refractivity contribution is 0.381. The molecule has 0 bridgehead atoms. The maximum Gasteiger partial charge on any atom is 0.0102 e. The molecule has 0 aliphatic heterocycles. The van der Waals surface area contributed by atoms with Gasteiger partial charge in [-0.1, -0.05) is 37.3 Å². The maximum absolute atomic E-state index is 4.67. The molecule has 1 aliphatic rings. The Morgan fingerprint density at radius 3 is 2.29 bits per heavy atom. The van der Waals surface area contributed by atoms with Crippen molar-refractivity contribution in [1.82, 2.24) is 0 Å². The fraction of sp³-hybridized carbons (Fsp3) is 0.538. The summed E-state index contributed by atoms with van der Waals surface area (Å²) in [7, 11) is 0. The Hall–Kier alpha value is -0.430. The van der Waals surface area contributed by atoms with E-state index in [0.717, 1.165) is 5.92 Å². The van der Waals surface area contributed by atoms with Crippen LogP contribution in [0, 0.1) is 0 Å². The van der Waals surface area contributed by atoms with Gasteiger partial charge in [0.2, 0.25) is 0 Å². The highest BCUT2D eigenvalue weighted by Crippen LogP contribution is 2.40. The first kappa shape index (κ1) is 10.1. The van der Waals surface area contributed by atoms with Gasteiger partial charge in [-0.3, -0.25) is 0 Å². The highest BCUT2D eigenvalue weighted by atomic mass is 32.1. The van der Waals surface area contributed by atoms with Gasteiger partial charge in [-0.2, -0.15) is 12.6 Å². The van der Waals surface area contributed by atoms with E-state index in [1.54, 1.807) is 0 Å². The minimum Gasteiger partial charge on any atom is -0.173 e. The molecule has 76 valence electrons. The normalized spacial score (nSPS) is 32.9. The van der Waals surface area contributed by atoms with Crippen LogP contribution in [-0.4, -0.2) is 4.75 Å². The molecule has 1 aromatic carbocycles. The van der Waals surface area contributed by atoms with Gasteiger partial charge in [0.05, 0.1) is 0 Å². The van der Waals surface area contributed by atoms with E-state index in [-0.39, 0.29) is 4.75 Å². The van der Waals surface area contributed by atoms with Crippen LogP contribution >= 0.6 is 12.6 Å². The molecule has 0 unspecified atom stereocenters. The summed E-state index contributed by atoms with van der Waals surface area (Å²) in [6, 6.07) is 10.9. The van der Waals surface area contributed by atoms with E-state index in [0.29, 0.717) is 0 Å². The van der Waals surface area contributed by atoms with Crippen LogP contribution < -0.4 is 0 Å². The Labute approximate surface area is 92.1 Å². The first-order valence-electron chi connectivity index (χ1n) is 5.45. The summed E-state index contributed by atoms with van der Waals surface area (Å²) in [5.41, 5.74) is 1.51. The van der Waals surface area contributed by atoms with Crippen molar-refractivity contribution in [2.24, 2.45) is 0 Å². The van der Waals surface area contributed by atoms with Crippen molar-refractivity contribution < 1.29 is 0 Å². The molecule has 0 N–H and O–H groups in total. The van der Waals surface area contributed by atoms with Gasteiger partial charge in [0.25, 0.3) is 0 Å². The quantitative estimate of drug-likeness (QED) is 0.659. The van der Waals surface area contributed by atoms with Gasteiger partial charge >= 0.3 is 0 Å². The van der Waals surface area contributed by atoms with E-state index in [9.17, 15) is 0 Å². The second-order valence-electron chi connectivity index (χ2n) is 4.68. The van der Waals surface area contributed by atoms with Crippen molar-refractivity contribution in [2.75, 3.05) is 0 Å². The maximum atomic E-state index is 4.67. The van der Waals surface area contributed by atoms with E-state index in [2.05, 4.69) is 49.9 Å². The van der Waals surface area contributed by atoms with Crippen molar-refractivity contribution in [1.29, 1.82) is 0 Å². The van der Waals surface area contributed by atoms with Crippen LogP contribution in [0.3, 0.4) is 0 Å². The van der Waals surface area contributed by atoms with Crippen molar-refractivity contribution in [3.63, 3.8) is 0 Å². The van der Waals surface area contributed by atoms with Gasteiger partial charge in [0.1, 0.15) is 0 Å². The molecular formula is C13H18S. The van der Waals surface area contributed by atoms with E-state index < -0.39 is 0 Å². The zero-order chi connectivity index (χ0) is 10.0. The number of thiol groups is 1. The summed E-state index contributed by atoms with van der Waals surface area (Å²) in [5, 5.41) is 0. The second-order valence-corrected chi connectivity index (χ2v) is 5.76. The first-order valence-corrected chi connectivity index (χ1v) is 5.89. The van der Waals surface area contributed by atoms with Crippen LogP contribution in [0.5, 0.6) is 0 Å². The van der Waals surface area contributed by atoms with Gasteiger partial charge < -0.3 is 0 Å². The minimum absolute atomic E-state index is 0.283. The molecule has 1 aromatic rings. The summed E-state index contributed by atoms with van der Waals surface area (Å²) >= 11 is 4.67.